The zero-order valence-corrected chi connectivity index (χ0v) is 15.6. The van der Waals surface area contributed by atoms with E-state index < -0.39 is 5.97 Å². The predicted molar refractivity (Wildman–Crippen MR) is 102 cm³/mol. The summed E-state index contributed by atoms with van der Waals surface area (Å²) in [5.41, 5.74) is 0.870. The molecule has 1 aromatic heterocycles. The first-order chi connectivity index (χ1) is 13.2. The van der Waals surface area contributed by atoms with Crippen LogP contribution in [0.5, 0.6) is 0 Å². The molecule has 1 aliphatic heterocycles. The van der Waals surface area contributed by atoms with E-state index in [1.165, 1.54) is 12.8 Å². The molecule has 2 atom stereocenters. The third-order valence-corrected chi connectivity index (χ3v) is 5.44. The lowest BCUT2D eigenvalue weighted by Crippen LogP contribution is -2.49. The monoisotopic (exact) mass is 370 g/mol. The van der Waals surface area contributed by atoms with Crippen LogP contribution < -0.4 is 4.90 Å². The molecule has 2 fully saturated rings. The van der Waals surface area contributed by atoms with Gasteiger partial charge in [-0.2, -0.15) is 0 Å². The molecule has 0 amide bonds. The van der Waals surface area contributed by atoms with Crippen molar-refractivity contribution in [2.75, 3.05) is 18.0 Å². The number of carboxylic acids is 1. The summed E-state index contributed by atoms with van der Waals surface area (Å²) in [5, 5.41) is 14.0. The highest BCUT2D eigenvalue weighted by atomic mass is 16.5. The fraction of sp³-hybridized carbons (Fsp3) is 0.524. The molecule has 2 aromatic rings. The normalized spacial score (nSPS) is 22.8. The lowest BCUT2D eigenvalue weighted by atomic mass is 10.0. The van der Waals surface area contributed by atoms with Crippen LogP contribution in [0.1, 0.15) is 49.4 Å². The molecule has 2 aliphatic rings. The fourth-order valence-corrected chi connectivity index (χ4v) is 3.84. The van der Waals surface area contributed by atoms with Crippen LogP contribution in [-0.4, -0.2) is 41.5 Å². The average molecular weight is 370 g/mol. The topological polar surface area (TPSA) is 75.8 Å². The van der Waals surface area contributed by atoms with E-state index in [0.717, 1.165) is 24.8 Å². The Morgan fingerprint density at radius 2 is 2.04 bits per heavy atom. The number of anilines is 1. The molecule has 0 unspecified atom stereocenters. The van der Waals surface area contributed by atoms with Crippen LogP contribution in [0.15, 0.2) is 34.9 Å². The van der Waals surface area contributed by atoms with Gasteiger partial charge in [0.15, 0.2) is 17.1 Å². The van der Waals surface area contributed by atoms with Crippen molar-refractivity contribution < 1.29 is 19.2 Å². The predicted octanol–water partition coefficient (Wildman–Crippen LogP) is 4.21. The molecule has 1 aromatic carbocycles. The van der Waals surface area contributed by atoms with Crippen LogP contribution in [0.25, 0.3) is 11.3 Å². The first kappa shape index (κ1) is 18.0. The minimum Gasteiger partial charge on any atom is -0.477 e. The van der Waals surface area contributed by atoms with Gasteiger partial charge in [-0.25, -0.2) is 4.79 Å². The molecule has 0 spiro atoms. The van der Waals surface area contributed by atoms with Crippen molar-refractivity contribution >= 4 is 11.8 Å². The second-order valence-corrected chi connectivity index (χ2v) is 7.56. The van der Waals surface area contributed by atoms with Gasteiger partial charge in [0.05, 0.1) is 12.2 Å². The molecule has 0 bridgehead atoms. The molecular formula is C21H26N2O4. The van der Waals surface area contributed by atoms with Crippen molar-refractivity contribution in [1.29, 1.82) is 0 Å². The van der Waals surface area contributed by atoms with Gasteiger partial charge in [0.2, 0.25) is 0 Å². The molecule has 1 aliphatic carbocycles. The van der Waals surface area contributed by atoms with Crippen molar-refractivity contribution in [2.45, 2.75) is 51.2 Å². The van der Waals surface area contributed by atoms with Crippen molar-refractivity contribution in [3.63, 3.8) is 0 Å². The maximum absolute atomic E-state index is 12.0. The summed E-state index contributed by atoms with van der Waals surface area (Å²) in [6, 6.07) is 9.30. The number of aromatic nitrogens is 1. The SMILES string of the molecule is CCCC[C@@H]1CN(c2noc(-c3ccccc3)c2C(=O)O)C[C@H](C2CC2)O1. The third-order valence-electron chi connectivity index (χ3n) is 5.44. The second kappa shape index (κ2) is 7.72. The summed E-state index contributed by atoms with van der Waals surface area (Å²) in [6.45, 7) is 3.50. The van der Waals surface area contributed by atoms with Crippen LogP contribution in [0.4, 0.5) is 5.82 Å². The Balaban J connectivity index is 1.64. The average Bonchev–Trinajstić information content (AvgIpc) is 3.44. The Kier molecular flexibility index (Phi) is 5.16. The van der Waals surface area contributed by atoms with Gasteiger partial charge in [-0.05, 0) is 25.2 Å². The summed E-state index contributed by atoms with van der Waals surface area (Å²) < 4.78 is 11.8. The zero-order valence-electron chi connectivity index (χ0n) is 15.6. The van der Waals surface area contributed by atoms with E-state index in [-0.39, 0.29) is 17.8 Å². The molecule has 1 N–H and O–H groups in total. The van der Waals surface area contributed by atoms with Gasteiger partial charge in [0.1, 0.15) is 0 Å². The Morgan fingerprint density at radius 3 is 2.70 bits per heavy atom. The van der Waals surface area contributed by atoms with E-state index in [0.29, 0.717) is 30.6 Å². The van der Waals surface area contributed by atoms with E-state index >= 15 is 0 Å². The van der Waals surface area contributed by atoms with E-state index in [1.54, 1.807) is 0 Å². The summed E-state index contributed by atoms with van der Waals surface area (Å²) in [7, 11) is 0. The molecule has 0 radical (unpaired) electrons. The van der Waals surface area contributed by atoms with Crippen LogP contribution >= 0.6 is 0 Å². The Hall–Kier alpha value is -2.34. The molecule has 1 saturated heterocycles. The van der Waals surface area contributed by atoms with Gasteiger partial charge in [-0.3, -0.25) is 0 Å². The van der Waals surface area contributed by atoms with Gasteiger partial charge < -0.3 is 19.3 Å². The largest absolute Gasteiger partial charge is 0.477 e. The number of morpholine rings is 1. The van der Waals surface area contributed by atoms with Crippen LogP contribution in [0.3, 0.4) is 0 Å². The van der Waals surface area contributed by atoms with Crippen LogP contribution in [0.2, 0.25) is 0 Å². The minimum absolute atomic E-state index is 0.114. The fourth-order valence-electron chi connectivity index (χ4n) is 3.84. The standard InChI is InChI=1S/C21H26N2O4/c1-2-3-9-16-12-23(13-17(26-16)14-10-11-14)20-18(21(24)25)19(27-22-20)15-7-5-4-6-8-15/h4-8,14,16-17H,2-3,9-13H2,1H3,(H,24,25)/t16-,17-/m1/s1. The highest BCUT2D eigenvalue weighted by Gasteiger charge is 2.40. The minimum atomic E-state index is -1.01. The smallest absolute Gasteiger partial charge is 0.343 e. The molecule has 1 saturated carbocycles. The van der Waals surface area contributed by atoms with E-state index in [9.17, 15) is 9.90 Å². The van der Waals surface area contributed by atoms with Gasteiger partial charge in [-0.1, -0.05) is 55.3 Å². The molecule has 4 rings (SSSR count). The van der Waals surface area contributed by atoms with Crippen LogP contribution in [0, 0.1) is 5.92 Å². The van der Waals surface area contributed by atoms with Gasteiger partial charge in [-0.15, -0.1) is 0 Å². The Bertz CT molecular complexity index is 785. The second-order valence-electron chi connectivity index (χ2n) is 7.56. The number of nitrogens with zero attached hydrogens (tertiary/aromatic N) is 2. The summed E-state index contributed by atoms with van der Waals surface area (Å²) in [4.78, 5) is 14.1. The number of unbranched alkanes of at least 4 members (excludes halogenated alkanes) is 1. The number of aromatic carboxylic acids is 1. The van der Waals surface area contributed by atoms with E-state index in [4.69, 9.17) is 9.26 Å². The Labute approximate surface area is 159 Å². The molecular weight excluding hydrogens is 344 g/mol. The van der Waals surface area contributed by atoms with Crippen molar-refractivity contribution in [1.82, 2.24) is 5.16 Å². The third kappa shape index (κ3) is 3.86. The summed E-state index contributed by atoms with van der Waals surface area (Å²) in [6.07, 6.45) is 5.87. The van der Waals surface area contributed by atoms with Gasteiger partial charge in [0.25, 0.3) is 0 Å². The lowest BCUT2D eigenvalue weighted by molar-refractivity contribution is -0.0413. The van der Waals surface area contributed by atoms with E-state index in [2.05, 4.69) is 17.0 Å². The number of ether oxygens (including phenoxy) is 1. The summed E-state index contributed by atoms with van der Waals surface area (Å²) >= 11 is 0. The number of benzene rings is 1. The van der Waals surface area contributed by atoms with Crippen molar-refractivity contribution in [3.8, 4) is 11.3 Å². The van der Waals surface area contributed by atoms with E-state index in [1.807, 2.05) is 30.3 Å². The van der Waals surface area contributed by atoms with Gasteiger partial charge in [0, 0.05) is 18.7 Å². The highest BCUT2D eigenvalue weighted by Crippen LogP contribution is 2.39. The first-order valence-corrected chi connectivity index (χ1v) is 9.86. The maximum Gasteiger partial charge on any atom is 0.343 e. The number of carboxylic acid groups (broad SMARTS) is 1. The summed E-state index contributed by atoms with van der Waals surface area (Å²) in [5.74, 6) is 0.324. The lowest BCUT2D eigenvalue weighted by Gasteiger charge is -2.38. The molecule has 144 valence electrons. The number of carbonyl (C=O) groups is 1. The number of rotatable bonds is 7. The number of hydrogen-bond acceptors (Lipinski definition) is 5. The maximum atomic E-state index is 12.0. The quantitative estimate of drug-likeness (QED) is 0.787. The Morgan fingerprint density at radius 1 is 1.26 bits per heavy atom. The molecule has 2 heterocycles. The molecule has 27 heavy (non-hydrogen) atoms. The zero-order chi connectivity index (χ0) is 18.8. The van der Waals surface area contributed by atoms with Crippen molar-refractivity contribution in [3.05, 3.63) is 35.9 Å². The van der Waals surface area contributed by atoms with Crippen LogP contribution in [-0.2, 0) is 4.74 Å². The highest BCUT2D eigenvalue weighted by molar-refractivity contribution is 5.99. The first-order valence-electron chi connectivity index (χ1n) is 9.86. The molecule has 6 nitrogen and oxygen atoms in total. The van der Waals surface area contributed by atoms with Crippen molar-refractivity contribution in [2.24, 2.45) is 5.92 Å². The number of hydrogen-bond donors (Lipinski definition) is 1. The molecule has 6 heteroatoms. The van der Waals surface area contributed by atoms with Gasteiger partial charge >= 0.3 is 5.97 Å².